The molecule has 15 heavy (non-hydrogen) atoms. The Kier molecular flexibility index (Phi) is 7.27. The van der Waals surface area contributed by atoms with E-state index < -0.39 is 6.03 Å². The summed E-state index contributed by atoms with van der Waals surface area (Å²) in [5, 5.41) is 2.51. The minimum atomic E-state index is -0.421. The highest BCUT2D eigenvalue weighted by Gasteiger charge is 2.09. The summed E-state index contributed by atoms with van der Waals surface area (Å²) in [6, 6.07) is -0.421. The second-order valence-corrected chi connectivity index (χ2v) is 3.49. The monoisotopic (exact) mass is 213 g/mol. The fourth-order valence-corrected chi connectivity index (χ4v) is 0.859. The van der Waals surface area contributed by atoms with Crippen LogP contribution in [0, 0.1) is 5.92 Å². The van der Waals surface area contributed by atoms with Gasteiger partial charge in [-0.1, -0.05) is 19.9 Å². The average Bonchev–Trinajstić information content (AvgIpc) is 2.18. The molecule has 0 atom stereocenters. The molecule has 0 saturated carbocycles. The van der Waals surface area contributed by atoms with Crippen LogP contribution >= 0.6 is 0 Å². The molecular weight excluding hydrogens is 194 g/mol. The summed E-state index contributed by atoms with van der Waals surface area (Å²) < 4.78 is 0. The minimum Gasteiger partial charge on any atom is -0.330 e. The molecule has 0 aromatic carbocycles. The molecule has 0 aromatic rings. The van der Waals surface area contributed by atoms with Gasteiger partial charge in [-0.25, -0.2) is 4.79 Å². The van der Waals surface area contributed by atoms with E-state index in [0.29, 0.717) is 31.8 Å². The lowest BCUT2D eigenvalue weighted by Gasteiger charge is -2.13. The van der Waals surface area contributed by atoms with E-state index >= 15 is 0 Å². The normalized spacial score (nSPS) is 10.7. The Morgan fingerprint density at radius 2 is 2.20 bits per heavy atom. The summed E-state index contributed by atoms with van der Waals surface area (Å²) in [6.07, 6.45) is 4.50. The maximum absolute atomic E-state index is 11.4. The van der Waals surface area contributed by atoms with Gasteiger partial charge in [-0.3, -0.25) is 9.69 Å². The number of urea groups is 1. The van der Waals surface area contributed by atoms with Crippen LogP contribution in [-0.4, -0.2) is 30.4 Å². The first-order valence-electron chi connectivity index (χ1n) is 5.01. The molecule has 0 aliphatic heterocycles. The van der Waals surface area contributed by atoms with E-state index in [1.807, 2.05) is 19.9 Å². The van der Waals surface area contributed by atoms with Gasteiger partial charge >= 0.3 is 6.03 Å². The molecule has 86 valence electrons. The lowest BCUT2D eigenvalue weighted by Crippen LogP contribution is -2.37. The maximum Gasteiger partial charge on any atom is 0.327 e. The van der Waals surface area contributed by atoms with E-state index in [0.717, 1.165) is 4.90 Å². The fourth-order valence-electron chi connectivity index (χ4n) is 0.859. The lowest BCUT2D eigenvalue weighted by molar-refractivity contribution is -0.115. The van der Waals surface area contributed by atoms with Gasteiger partial charge in [-0.05, 0) is 18.9 Å². The van der Waals surface area contributed by atoms with Crippen molar-refractivity contribution >= 4 is 12.4 Å². The molecule has 0 saturated heterocycles. The number of nitrogens with one attached hydrogen (secondary N) is 1. The van der Waals surface area contributed by atoms with Gasteiger partial charge in [-0.2, -0.15) is 0 Å². The van der Waals surface area contributed by atoms with Crippen molar-refractivity contribution in [2.75, 3.05) is 13.1 Å². The summed E-state index contributed by atoms with van der Waals surface area (Å²) in [6.45, 7) is 4.80. The Hall–Kier alpha value is -1.36. The van der Waals surface area contributed by atoms with Crippen LogP contribution in [0.15, 0.2) is 12.3 Å². The molecule has 0 rings (SSSR count). The highest BCUT2D eigenvalue weighted by atomic mass is 16.2. The predicted octanol–water partition coefficient (Wildman–Crippen LogP) is 0.673. The summed E-state index contributed by atoms with van der Waals surface area (Å²) in [4.78, 5) is 23.0. The van der Waals surface area contributed by atoms with Gasteiger partial charge in [0, 0.05) is 12.7 Å². The molecule has 0 fully saturated rings. The number of amides is 3. The molecule has 0 bridgehead atoms. The molecule has 0 aliphatic carbocycles. The van der Waals surface area contributed by atoms with E-state index in [2.05, 4.69) is 5.32 Å². The first kappa shape index (κ1) is 13.6. The van der Waals surface area contributed by atoms with Crippen LogP contribution in [0.2, 0.25) is 0 Å². The number of nitrogens with zero attached hydrogens (tertiary/aromatic N) is 1. The van der Waals surface area contributed by atoms with Gasteiger partial charge in [0.05, 0.1) is 0 Å². The van der Waals surface area contributed by atoms with Crippen LogP contribution in [0.1, 0.15) is 20.3 Å². The first-order chi connectivity index (χ1) is 7.11. The van der Waals surface area contributed by atoms with E-state index in [1.54, 1.807) is 6.20 Å². The molecule has 3 N–H and O–H groups in total. The number of carbonyl (C=O) groups excluding carboxylic acids is 2. The van der Waals surface area contributed by atoms with Crippen molar-refractivity contribution in [3.63, 3.8) is 0 Å². The van der Waals surface area contributed by atoms with Crippen molar-refractivity contribution in [1.82, 2.24) is 10.2 Å². The molecule has 0 unspecified atom stereocenters. The van der Waals surface area contributed by atoms with Crippen LogP contribution in [0.5, 0.6) is 0 Å². The summed E-state index contributed by atoms with van der Waals surface area (Å²) >= 11 is 0. The Bertz CT molecular complexity index is 227. The quantitative estimate of drug-likeness (QED) is 0.637. The second-order valence-electron chi connectivity index (χ2n) is 3.49. The summed E-state index contributed by atoms with van der Waals surface area (Å²) in [5.41, 5.74) is 5.28. The van der Waals surface area contributed by atoms with Crippen molar-refractivity contribution in [1.29, 1.82) is 0 Å². The van der Waals surface area contributed by atoms with Gasteiger partial charge in [-0.15, -0.1) is 0 Å². The van der Waals surface area contributed by atoms with Crippen LogP contribution in [0.4, 0.5) is 4.79 Å². The van der Waals surface area contributed by atoms with Gasteiger partial charge in [0.1, 0.15) is 0 Å². The second kappa shape index (κ2) is 7.99. The lowest BCUT2D eigenvalue weighted by atomic mass is 10.2. The Balaban J connectivity index is 3.98. The Morgan fingerprint density at radius 3 is 2.67 bits per heavy atom. The first-order valence-corrected chi connectivity index (χ1v) is 5.01. The Morgan fingerprint density at radius 1 is 1.53 bits per heavy atom. The SMILES string of the molecule is CC(C)/C=C/NC(=O)N(C=O)CCCN. The van der Waals surface area contributed by atoms with Crippen molar-refractivity contribution in [3.05, 3.63) is 12.3 Å². The van der Waals surface area contributed by atoms with Gasteiger partial charge < -0.3 is 11.1 Å². The topological polar surface area (TPSA) is 75.4 Å². The predicted molar refractivity (Wildman–Crippen MR) is 59.0 cm³/mol. The van der Waals surface area contributed by atoms with E-state index in [9.17, 15) is 9.59 Å². The molecule has 0 aromatic heterocycles. The highest BCUT2D eigenvalue weighted by molar-refractivity contribution is 5.85. The molecule has 0 radical (unpaired) electrons. The summed E-state index contributed by atoms with van der Waals surface area (Å²) in [7, 11) is 0. The zero-order valence-corrected chi connectivity index (χ0v) is 9.27. The third-order valence-electron chi connectivity index (χ3n) is 1.68. The highest BCUT2D eigenvalue weighted by Crippen LogP contribution is 1.92. The van der Waals surface area contributed by atoms with Gasteiger partial charge in [0.25, 0.3) is 0 Å². The van der Waals surface area contributed by atoms with Gasteiger partial charge in [0.15, 0.2) is 0 Å². The standard InChI is InChI=1S/C10H19N3O2/c1-9(2)4-6-12-10(15)13(8-14)7-3-5-11/h4,6,8-9H,3,5,7,11H2,1-2H3,(H,12,15)/b6-4+. The molecule has 5 nitrogen and oxygen atoms in total. The number of hydrogen-bond acceptors (Lipinski definition) is 3. The molecule has 0 heterocycles. The molecule has 5 heteroatoms. The smallest absolute Gasteiger partial charge is 0.327 e. The van der Waals surface area contributed by atoms with Crippen LogP contribution in [0.25, 0.3) is 0 Å². The number of imide groups is 1. The number of carbonyl (C=O) groups is 2. The van der Waals surface area contributed by atoms with Crippen LogP contribution in [-0.2, 0) is 4.79 Å². The number of hydrogen-bond donors (Lipinski definition) is 2. The van der Waals surface area contributed by atoms with E-state index in [4.69, 9.17) is 5.73 Å². The third kappa shape index (κ3) is 6.68. The van der Waals surface area contributed by atoms with Crippen molar-refractivity contribution in [3.8, 4) is 0 Å². The number of nitrogens with two attached hydrogens (primary N) is 1. The summed E-state index contributed by atoms with van der Waals surface area (Å²) in [5.74, 6) is 0.360. The average molecular weight is 213 g/mol. The number of allylic oxidation sites excluding steroid dienone is 1. The van der Waals surface area contributed by atoms with Gasteiger partial charge in [0.2, 0.25) is 6.41 Å². The van der Waals surface area contributed by atoms with Crippen LogP contribution in [0.3, 0.4) is 0 Å². The maximum atomic E-state index is 11.4. The van der Waals surface area contributed by atoms with Crippen molar-refractivity contribution < 1.29 is 9.59 Å². The zero-order chi connectivity index (χ0) is 11.7. The van der Waals surface area contributed by atoms with Crippen molar-refractivity contribution in [2.45, 2.75) is 20.3 Å². The largest absolute Gasteiger partial charge is 0.330 e. The zero-order valence-electron chi connectivity index (χ0n) is 9.27. The van der Waals surface area contributed by atoms with E-state index in [-0.39, 0.29) is 0 Å². The fraction of sp³-hybridized carbons (Fsp3) is 0.600. The molecule has 0 spiro atoms. The number of rotatable bonds is 6. The molecule has 3 amide bonds. The van der Waals surface area contributed by atoms with Crippen molar-refractivity contribution in [2.24, 2.45) is 11.7 Å². The molecular formula is C10H19N3O2. The molecule has 0 aliphatic rings. The van der Waals surface area contributed by atoms with Crippen LogP contribution < -0.4 is 11.1 Å². The van der Waals surface area contributed by atoms with E-state index in [1.165, 1.54) is 0 Å². The minimum absolute atomic E-state index is 0.349. The third-order valence-corrected chi connectivity index (χ3v) is 1.68. The Labute approximate surface area is 90.3 Å².